The van der Waals surface area contributed by atoms with Gasteiger partial charge in [0.05, 0.1) is 4.90 Å². The van der Waals surface area contributed by atoms with Gasteiger partial charge in [-0.05, 0) is 49.1 Å². The van der Waals surface area contributed by atoms with Gasteiger partial charge in [0.25, 0.3) is 10.0 Å². The minimum Gasteiger partial charge on any atom is -0.356 e. The number of aryl methyl sites for hydroxylation is 2. The first-order valence-electron chi connectivity index (χ1n) is 8.71. The number of carbonyl (C=O) groups is 1. The van der Waals surface area contributed by atoms with E-state index in [1.807, 2.05) is 32.9 Å². The molecule has 0 unspecified atom stereocenters. The lowest BCUT2D eigenvalue weighted by Crippen LogP contribution is -2.27. The van der Waals surface area contributed by atoms with Gasteiger partial charge in [0.15, 0.2) is 0 Å². The molecule has 0 aliphatic rings. The standard InChI is InChI=1S/C20H26N2O3S/c1-15(2)14-21-20(23)13-8-17-6-11-19(12-7-17)26(24,25)22-18-9-4-16(3)5-10-18/h4-7,9-12,15,22H,8,13-14H2,1-3H3,(H,21,23). The number of rotatable bonds is 8. The molecule has 0 aliphatic carbocycles. The largest absolute Gasteiger partial charge is 0.356 e. The lowest BCUT2D eigenvalue weighted by Gasteiger charge is -2.10. The molecule has 2 aromatic carbocycles. The third-order valence-corrected chi connectivity index (χ3v) is 5.28. The Balaban J connectivity index is 1.95. The van der Waals surface area contributed by atoms with E-state index in [0.29, 0.717) is 31.0 Å². The summed E-state index contributed by atoms with van der Waals surface area (Å²) < 4.78 is 27.4. The van der Waals surface area contributed by atoms with Crippen LogP contribution in [0.3, 0.4) is 0 Å². The zero-order valence-corrected chi connectivity index (χ0v) is 16.3. The maximum Gasteiger partial charge on any atom is 0.261 e. The molecular formula is C20H26N2O3S. The summed E-state index contributed by atoms with van der Waals surface area (Å²) in [5, 5.41) is 2.87. The topological polar surface area (TPSA) is 75.3 Å². The fourth-order valence-electron chi connectivity index (χ4n) is 2.34. The van der Waals surface area contributed by atoms with Crippen LogP contribution in [-0.2, 0) is 21.2 Å². The molecule has 2 N–H and O–H groups in total. The van der Waals surface area contributed by atoms with Crippen molar-refractivity contribution < 1.29 is 13.2 Å². The first-order chi connectivity index (χ1) is 12.3. The average Bonchev–Trinajstić information content (AvgIpc) is 2.60. The van der Waals surface area contributed by atoms with Gasteiger partial charge >= 0.3 is 0 Å². The monoisotopic (exact) mass is 374 g/mol. The van der Waals surface area contributed by atoms with Crippen molar-refractivity contribution in [3.8, 4) is 0 Å². The molecule has 6 heteroatoms. The number of sulfonamides is 1. The molecule has 0 spiro atoms. The molecule has 2 aromatic rings. The third-order valence-electron chi connectivity index (χ3n) is 3.89. The van der Waals surface area contributed by atoms with Crippen molar-refractivity contribution >= 4 is 21.6 Å². The van der Waals surface area contributed by atoms with Gasteiger partial charge in [-0.1, -0.05) is 43.7 Å². The predicted molar refractivity (Wildman–Crippen MR) is 105 cm³/mol. The van der Waals surface area contributed by atoms with E-state index in [2.05, 4.69) is 10.0 Å². The first kappa shape index (κ1) is 20.0. The van der Waals surface area contributed by atoms with E-state index in [1.54, 1.807) is 36.4 Å². The van der Waals surface area contributed by atoms with Gasteiger partial charge in [0.2, 0.25) is 5.91 Å². The van der Waals surface area contributed by atoms with Crippen LogP contribution < -0.4 is 10.0 Å². The molecule has 1 amide bonds. The summed E-state index contributed by atoms with van der Waals surface area (Å²) in [6.45, 7) is 6.70. The minimum absolute atomic E-state index is 0.0106. The molecule has 0 radical (unpaired) electrons. The Morgan fingerprint density at radius 3 is 2.19 bits per heavy atom. The van der Waals surface area contributed by atoms with Gasteiger partial charge in [0.1, 0.15) is 0 Å². The average molecular weight is 375 g/mol. The summed E-state index contributed by atoms with van der Waals surface area (Å²) in [6, 6.07) is 13.8. The Labute approximate surface area is 155 Å². The van der Waals surface area contributed by atoms with Gasteiger partial charge in [-0.3, -0.25) is 9.52 Å². The Morgan fingerprint density at radius 2 is 1.62 bits per heavy atom. The fraction of sp³-hybridized carbons (Fsp3) is 0.350. The van der Waals surface area contributed by atoms with Crippen molar-refractivity contribution in [3.05, 3.63) is 59.7 Å². The number of carbonyl (C=O) groups excluding carboxylic acids is 1. The van der Waals surface area contributed by atoms with Crippen LogP contribution in [0.25, 0.3) is 0 Å². The molecule has 0 heterocycles. The summed E-state index contributed by atoms with van der Waals surface area (Å²) in [7, 11) is -3.62. The molecular weight excluding hydrogens is 348 g/mol. The second kappa shape index (κ2) is 8.85. The Kier molecular flexibility index (Phi) is 6.80. The van der Waals surface area contributed by atoms with Gasteiger partial charge < -0.3 is 5.32 Å². The lowest BCUT2D eigenvalue weighted by atomic mass is 10.1. The highest BCUT2D eigenvalue weighted by Crippen LogP contribution is 2.17. The van der Waals surface area contributed by atoms with Crippen LogP contribution in [0.4, 0.5) is 5.69 Å². The summed E-state index contributed by atoms with van der Waals surface area (Å²) in [4.78, 5) is 12.0. The number of benzene rings is 2. The summed E-state index contributed by atoms with van der Waals surface area (Å²) >= 11 is 0. The third kappa shape index (κ3) is 6.19. The van der Waals surface area contributed by atoms with E-state index in [9.17, 15) is 13.2 Å². The highest BCUT2D eigenvalue weighted by molar-refractivity contribution is 7.92. The van der Waals surface area contributed by atoms with E-state index < -0.39 is 10.0 Å². The number of nitrogens with one attached hydrogen (secondary N) is 2. The smallest absolute Gasteiger partial charge is 0.261 e. The molecule has 2 rings (SSSR count). The van der Waals surface area contributed by atoms with Crippen LogP contribution in [0.15, 0.2) is 53.4 Å². The molecule has 0 aliphatic heterocycles. The van der Waals surface area contributed by atoms with Gasteiger partial charge in [-0.25, -0.2) is 8.42 Å². The maximum absolute atomic E-state index is 12.4. The number of hydrogen-bond acceptors (Lipinski definition) is 3. The summed E-state index contributed by atoms with van der Waals surface area (Å²) in [5.41, 5.74) is 2.52. The molecule has 0 saturated carbocycles. The lowest BCUT2D eigenvalue weighted by molar-refractivity contribution is -0.121. The minimum atomic E-state index is -3.62. The maximum atomic E-state index is 12.4. The van der Waals surface area contributed by atoms with E-state index in [-0.39, 0.29) is 10.8 Å². The van der Waals surface area contributed by atoms with E-state index in [4.69, 9.17) is 0 Å². The molecule has 5 nitrogen and oxygen atoms in total. The highest BCUT2D eigenvalue weighted by Gasteiger charge is 2.14. The van der Waals surface area contributed by atoms with Crippen LogP contribution in [-0.4, -0.2) is 20.9 Å². The van der Waals surface area contributed by atoms with Gasteiger partial charge in [-0.2, -0.15) is 0 Å². The number of anilines is 1. The van der Waals surface area contributed by atoms with E-state index >= 15 is 0 Å². The molecule has 26 heavy (non-hydrogen) atoms. The van der Waals surface area contributed by atoms with Gasteiger partial charge in [-0.15, -0.1) is 0 Å². The normalized spacial score (nSPS) is 11.4. The van der Waals surface area contributed by atoms with Crippen molar-refractivity contribution in [1.29, 1.82) is 0 Å². The van der Waals surface area contributed by atoms with Crippen LogP contribution in [0.2, 0.25) is 0 Å². The van der Waals surface area contributed by atoms with E-state index in [0.717, 1.165) is 11.1 Å². The molecule has 0 atom stereocenters. The van der Waals surface area contributed by atoms with Crippen molar-refractivity contribution in [2.75, 3.05) is 11.3 Å². The Morgan fingerprint density at radius 1 is 1.00 bits per heavy atom. The predicted octanol–water partition coefficient (Wildman–Crippen LogP) is 3.50. The summed E-state index contributed by atoms with van der Waals surface area (Å²) in [5.74, 6) is 0.431. The van der Waals surface area contributed by atoms with Crippen LogP contribution >= 0.6 is 0 Å². The van der Waals surface area contributed by atoms with Crippen molar-refractivity contribution in [2.24, 2.45) is 5.92 Å². The summed E-state index contributed by atoms with van der Waals surface area (Å²) in [6.07, 6.45) is 0.968. The van der Waals surface area contributed by atoms with Crippen LogP contribution in [0.5, 0.6) is 0 Å². The molecule has 0 saturated heterocycles. The van der Waals surface area contributed by atoms with Crippen LogP contribution in [0.1, 0.15) is 31.4 Å². The fourth-order valence-corrected chi connectivity index (χ4v) is 3.39. The quantitative estimate of drug-likeness (QED) is 0.742. The SMILES string of the molecule is Cc1ccc(NS(=O)(=O)c2ccc(CCC(=O)NCC(C)C)cc2)cc1. The number of amides is 1. The molecule has 0 aromatic heterocycles. The Bertz CT molecular complexity index is 826. The van der Waals surface area contributed by atoms with Crippen molar-refractivity contribution in [1.82, 2.24) is 5.32 Å². The van der Waals surface area contributed by atoms with Gasteiger partial charge in [0, 0.05) is 18.7 Å². The first-order valence-corrected chi connectivity index (χ1v) is 10.2. The highest BCUT2D eigenvalue weighted by atomic mass is 32.2. The van der Waals surface area contributed by atoms with Crippen molar-refractivity contribution in [3.63, 3.8) is 0 Å². The van der Waals surface area contributed by atoms with E-state index in [1.165, 1.54) is 0 Å². The Hall–Kier alpha value is -2.34. The number of hydrogen-bond donors (Lipinski definition) is 2. The second-order valence-corrected chi connectivity index (χ2v) is 8.50. The zero-order chi connectivity index (χ0) is 19.2. The zero-order valence-electron chi connectivity index (χ0n) is 15.5. The van der Waals surface area contributed by atoms with Crippen LogP contribution in [0, 0.1) is 12.8 Å². The van der Waals surface area contributed by atoms with Crippen molar-refractivity contribution in [2.45, 2.75) is 38.5 Å². The molecule has 140 valence electrons. The molecule has 0 fully saturated rings. The molecule has 0 bridgehead atoms. The second-order valence-electron chi connectivity index (χ2n) is 6.81.